The lowest BCUT2D eigenvalue weighted by Crippen LogP contribution is -2.04. The maximum Gasteiger partial charge on any atom is 0.248 e. The number of methoxy groups -OCH3 is 1. The van der Waals surface area contributed by atoms with Gasteiger partial charge in [0.05, 0.1) is 12.6 Å². The van der Waals surface area contributed by atoms with Crippen molar-refractivity contribution < 1.29 is 4.74 Å². The van der Waals surface area contributed by atoms with Gasteiger partial charge in [0.25, 0.3) is 0 Å². The van der Waals surface area contributed by atoms with Gasteiger partial charge in [0.1, 0.15) is 5.75 Å². The summed E-state index contributed by atoms with van der Waals surface area (Å²) in [6.45, 7) is 0. The summed E-state index contributed by atoms with van der Waals surface area (Å²) in [6.07, 6.45) is 3.49. The summed E-state index contributed by atoms with van der Waals surface area (Å²) < 4.78 is 5.29. The molecule has 0 aliphatic rings. The second kappa shape index (κ2) is 4.57. The lowest BCUT2D eigenvalue weighted by molar-refractivity contribution is 0.419. The topological polar surface area (TPSA) is 55.0 Å². The Bertz CT molecular complexity index is 779. The number of rotatable bonds is 2. The number of fused-ring (bicyclic) bond motifs is 1. The normalized spacial score (nSPS) is 10.6. The molecule has 3 rings (SSSR count). The maximum atomic E-state index is 11.5. The summed E-state index contributed by atoms with van der Waals surface area (Å²) in [6, 6.07) is 11.0. The quantitative estimate of drug-likeness (QED) is 0.762. The zero-order valence-electron chi connectivity index (χ0n) is 10.4. The molecule has 1 aromatic carbocycles. The molecule has 0 bridgehead atoms. The van der Waals surface area contributed by atoms with E-state index in [0.29, 0.717) is 11.3 Å². The Morgan fingerprint density at radius 3 is 2.58 bits per heavy atom. The van der Waals surface area contributed by atoms with Crippen LogP contribution in [0.1, 0.15) is 0 Å². The maximum absolute atomic E-state index is 11.5. The van der Waals surface area contributed by atoms with Crippen molar-refractivity contribution in [1.29, 1.82) is 0 Å². The standard InChI is InChI=1S/C15H12N2O2/c1-19-13-4-2-11(10-6-8-16-9-7-10)12-3-5-14(18)17-15(12)13/h2-9H,1H3,(H,17,18). The summed E-state index contributed by atoms with van der Waals surface area (Å²) in [5.74, 6) is 0.658. The molecule has 4 heteroatoms. The average molecular weight is 252 g/mol. The van der Waals surface area contributed by atoms with Crippen molar-refractivity contribution in [1.82, 2.24) is 9.97 Å². The van der Waals surface area contributed by atoms with Crippen molar-refractivity contribution in [3.8, 4) is 16.9 Å². The minimum absolute atomic E-state index is 0.141. The Balaban J connectivity index is 2.36. The van der Waals surface area contributed by atoms with E-state index >= 15 is 0 Å². The van der Waals surface area contributed by atoms with Crippen molar-refractivity contribution in [2.24, 2.45) is 0 Å². The van der Waals surface area contributed by atoms with Gasteiger partial charge in [-0.1, -0.05) is 0 Å². The number of pyridine rings is 2. The van der Waals surface area contributed by atoms with Crippen LogP contribution in [0.2, 0.25) is 0 Å². The van der Waals surface area contributed by atoms with Gasteiger partial charge in [-0.25, -0.2) is 0 Å². The molecule has 0 saturated carbocycles. The number of hydrogen-bond donors (Lipinski definition) is 1. The Hall–Kier alpha value is -2.62. The Labute approximate surface area is 109 Å². The van der Waals surface area contributed by atoms with Gasteiger partial charge >= 0.3 is 0 Å². The number of aromatic nitrogens is 2. The van der Waals surface area contributed by atoms with Crippen LogP contribution >= 0.6 is 0 Å². The number of benzene rings is 1. The van der Waals surface area contributed by atoms with Gasteiger partial charge in [-0.15, -0.1) is 0 Å². The molecule has 19 heavy (non-hydrogen) atoms. The Morgan fingerprint density at radius 1 is 1.05 bits per heavy atom. The van der Waals surface area contributed by atoms with Crippen molar-refractivity contribution in [2.45, 2.75) is 0 Å². The fourth-order valence-electron chi connectivity index (χ4n) is 2.18. The predicted octanol–water partition coefficient (Wildman–Crippen LogP) is 2.60. The highest BCUT2D eigenvalue weighted by atomic mass is 16.5. The molecule has 94 valence electrons. The molecule has 2 heterocycles. The van der Waals surface area contributed by atoms with E-state index in [1.165, 1.54) is 6.07 Å². The van der Waals surface area contributed by atoms with Crippen molar-refractivity contribution in [2.75, 3.05) is 7.11 Å². The molecule has 0 aliphatic carbocycles. The highest BCUT2D eigenvalue weighted by Crippen LogP contribution is 2.32. The van der Waals surface area contributed by atoms with Crippen LogP contribution < -0.4 is 10.3 Å². The number of hydrogen-bond acceptors (Lipinski definition) is 3. The summed E-state index contributed by atoms with van der Waals surface area (Å²) in [5.41, 5.74) is 2.66. The molecule has 0 saturated heterocycles. The second-order valence-electron chi connectivity index (χ2n) is 4.16. The molecule has 0 radical (unpaired) electrons. The highest BCUT2D eigenvalue weighted by molar-refractivity contribution is 5.97. The lowest BCUT2D eigenvalue weighted by atomic mass is 10.0. The van der Waals surface area contributed by atoms with E-state index in [-0.39, 0.29) is 5.56 Å². The monoisotopic (exact) mass is 252 g/mol. The first kappa shape index (κ1) is 11.5. The fourth-order valence-corrected chi connectivity index (χ4v) is 2.18. The van der Waals surface area contributed by atoms with E-state index in [4.69, 9.17) is 4.74 Å². The van der Waals surface area contributed by atoms with Crippen LogP contribution in [0.5, 0.6) is 5.75 Å². The van der Waals surface area contributed by atoms with Crippen molar-refractivity contribution in [3.05, 3.63) is 59.1 Å². The smallest absolute Gasteiger partial charge is 0.248 e. The molecule has 0 aliphatic heterocycles. The molecule has 1 N–H and O–H groups in total. The minimum Gasteiger partial charge on any atom is -0.495 e. The minimum atomic E-state index is -0.141. The van der Waals surface area contributed by atoms with Crippen LogP contribution in [0.4, 0.5) is 0 Å². The van der Waals surface area contributed by atoms with Crippen LogP contribution in [-0.4, -0.2) is 17.1 Å². The third kappa shape index (κ3) is 1.97. The molecule has 0 amide bonds. The van der Waals surface area contributed by atoms with Crippen LogP contribution in [0.15, 0.2) is 53.6 Å². The Kier molecular flexibility index (Phi) is 2.76. The summed E-state index contributed by atoms with van der Waals surface area (Å²) in [5, 5.41) is 0.949. The van der Waals surface area contributed by atoms with Gasteiger partial charge in [0.2, 0.25) is 5.56 Å². The molecule has 2 aromatic heterocycles. The van der Waals surface area contributed by atoms with Crippen LogP contribution in [0.25, 0.3) is 22.0 Å². The van der Waals surface area contributed by atoms with Crippen molar-refractivity contribution >= 4 is 10.9 Å². The molecular formula is C15H12N2O2. The van der Waals surface area contributed by atoms with E-state index < -0.39 is 0 Å². The van der Waals surface area contributed by atoms with Gasteiger partial charge in [0.15, 0.2) is 0 Å². The molecule has 0 fully saturated rings. The van der Waals surface area contributed by atoms with E-state index in [0.717, 1.165) is 16.5 Å². The third-order valence-corrected chi connectivity index (χ3v) is 3.07. The molecule has 3 aromatic rings. The average Bonchev–Trinajstić information content (AvgIpc) is 2.47. The van der Waals surface area contributed by atoms with Crippen LogP contribution in [0.3, 0.4) is 0 Å². The number of nitrogens with zero attached hydrogens (tertiary/aromatic N) is 1. The van der Waals surface area contributed by atoms with Gasteiger partial charge < -0.3 is 9.72 Å². The first-order chi connectivity index (χ1) is 9.29. The van der Waals surface area contributed by atoms with Gasteiger partial charge in [0, 0.05) is 23.8 Å². The van der Waals surface area contributed by atoms with Crippen LogP contribution in [0, 0.1) is 0 Å². The summed E-state index contributed by atoms with van der Waals surface area (Å²) >= 11 is 0. The number of aromatic amines is 1. The number of nitrogens with one attached hydrogen (secondary N) is 1. The van der Waals surface area contributed by atoms with Crippen LogP contribution in [-0.2, 0) is 0 Å². The largest absolute Gasteiger partial charge is 0.495 e. The first-order valence-electron chi connectivity index (χ1n) is 5.90. The Morgan fingerprint density at radius 2 is 1.84 bits per heavy atom. The van der Waals surface area contributed by atoms with E-state index in [2.05, 4.69) is 9.97 Å². The van der Waals surface area contributed by atoms with Gasteiger partial charge in [-0.05, 0) is 41.5 Å². The number of ether oxygens (including phenoxy) is 1. The van der Waals surface area contributed by atoms with E-state index in [1.54, 1.807) is 19.5 Å². The molecule has 0 spiro atoms. The SMILES string of the molecule is COc1ccc(-c2ccncc2)c2ccc(=O)[nH]c12. The molecule has 0 unspecified atom stereocenters. The molecular weight excluding hydrogens is 240 g/mol. The van der Waals surface area contributed by atoms with Gasteiger partial charge in [-0.3, -0.25) is 9.78 Å². The van der Waals surface area contributed by atoms with E-state index in [9.17, 15) is 4.79 Å². The summed E-state index contributed by atoms with van der Waals surface area (Å²) in [4.78, 5) is 18.3. The lowest BCUT2D eigenvalue weighted by Gasteiger charge is -2.10. The fraction of sp³-hybridized carbons (Fsp3) is 0.0667. The second-order valence-corrected chi connectivity index (χ2v) is 4.16. The molecule has 4 nitrogen and oxygen atoms in total. The first-order valence-corrected chi connectivity index (χ1v) is 5.90. The highest BCUT2D eigenvalue weighted by Gasteiger charge is 2.08. The predicted molar refractivity (Wildman–Crippen MR) is 74.4 cm³/mol. The third-order valence-electron chi connectivity index (χ3n) is 3.07. The van der Waals surface area contributed by atoms with Crippen molar-refractivity contribution in [3.63, 3.8) is 0 Å². The summed E-state index contributed by atoms with van der Waals surface area (Å²) in [7, 11) is 1.59. The number of H-pyrrole nitrogens is 1. The van der Waals surface area contributed by atoms with Gasteiger partial charge in [-0.2, -0.15) is 0 Å². The zero-order chi connectivity index (χ0) is 13.2. The zero-order valence-corrected chi connectivity index (χ0v) is 10.4. The molecule has 0 atom stereocenters. The van der Waals surface area contributed by atoms with E-state index in [1.807, 2.05) is 30.3 Å².